The molecule has 0 aliphatic rings. The van der Waals surface area contributed by atoms with Crippen molar-refractivity contribution in [2.75, 3.05) is 0 Å². The first kappa shape index (κ1) is 16.7. The second kappa shape index (κ2) is 6.87. The maximum atomic E-state index is 13.2. The van der Waals surface area contributed by atoms with Crippen LogP contribution in [0.25, 0.3) is 22.6 Å². The van der Waals surface area contributed by atoms with Crippen molar-refractivity contribution in [2.24, 2.45) is 0 Å². The molecule has 3 nitrogen and oxygen atoms in total. The van der Waals surface area contributed by atoms with Gasteiger partial charge in [-0.2, -0.15) is 0 Å². The minimum atomic E-state index is -0.159. The van der Waals surface area contributed by atoms with Gasteiger partial charge >= 0.3 is 5.69 Å². The number of hydrogen-bond acceptors (Lipinski definition) is 1. The number of hydrogen-bond donors (Lipinski definition) is 0. The second-order valence-corrected chi connectivity index (χ2v) is 6.69. The highest BCUT2D eigenvalue weighted by Gasteiger charge is 2.15. The molecule has 26 heavy (non-hydrogen) atoms. The van der Waals surface area contributed by atoms with E-state index in [0.29, 0.717) is 10.0 Å². The lowest BCUT2D eigenvalue weighted by Gasteiger charge is -2.07. The van der Waals surface area contributed by atoms with E-state index in [1.807, 2.05) is 60.8 Å². The van der Waals surface area contributed by atoms with Crippen LogP contribution in [-0.4, -0.2) is 9.13 Å². The number of aromatic nitrogens is 2. The summed E-state index contributed by atoms with van der Waals surface area (Å²) in [5.41, 5.74) is 3.10. The first-order valence-corrected chi connectivity index (χ1v) is 8.81. The average molecular weight is 381 g/mol. The van der Waals surface area contributed by atoms with Crippen LogP contribution in [-0.2, 0) is 0 Å². The molecule has 4 rings (SSSR count). The van der Waals surface area contributed by atoms with Crippen LogP contribution in [0.15, 0.2) is 89.9 Å². The Labute approximate surface area is 160 Å². The molecule has 0 radical (unpaired) electrons. The van der Waals surface area contributed by atoms with E-state index in [-0.39, 0.29) is 5.69 Å². The van der Waals surface area contributed by atoms with E-state index >= 15 is 0 Å². The topological polar surface area (TPSA) is 26.9 Å². The Morgan fingerprint density at radius 1 is 0.654 bits per heavy atom. The van der Waals surface area contributed by atoms with Gasteiger partial charge in [-0.3, -0.25) is 9.13 Å². The fourth-order valence-corrected chi connectivity index (χ4v) is 3.14. The summed E-state index contributed by atoms with van der Waals surface area (Å²) >= 11 is 12.0. The molecule has 128 valence electrons. The maximum Gasteiger partial charge on any atom is 0.337 e. The van der Waals surface area contributed by atoms with Crippen LogP contribution in [0.5, 0.6) is 0 Å². The summed E-state index contributed by atoms with van der Waals surface area (Å²) in [5.74, 6) is 0. The number of nitrogens with zero attached hydrogens (tertiary/aromatic N) is 2. The van der Waals surface area contributed by atoms with Gasteiger partial charge in [-0.15, -0.1) is 0 Å². The SMILES string of the molecule is O=c1n(-c2ccc(Cl)cc2)cc(-c2ccccc2)n1-c1ccc(Cl)cc1. The number of halogens is 2. The molecule has 0 spiro atoms. The van der Waals surface area contributed by atoms with Gasteiger partial charge < -0.3 is 0 Å². The molecule has 0 bridgehead atoms. The third kappa shape index (κ3) is 3.07. The minimum Gasteiger partial charge on any atom is -0.267 e. The predicted molar refractivity (Wildman–Crippen MR) is 107 cm³/mol. The molecule has 0 unspecified atom stereocenters. The van der Waals surface area contributed by atoms with Crippen molar-refractivity contribution in [2.45, 2.75) is 0 Å². The van der Waals surface area contributed by atoms with Gasteiger partial charge in [-0.1, -0.05) is 53.5 Å². The van der Waals surface area contributed by atoms with Crippen molar-refractivity contribution in [3.05, 3.63) is 106 Å². The Bertz CT molecular complexity index is 1100. The number of imidazole rings is 1. The molecule has 0 fully saturated rings. The molecule has 0 saturated carbocycles. The van der Waals surface area contributed by atoms with Gasteiger partial charge in [0.15, 0.2) is 0 Å². The Balaban J connectivity index is 1.97. The summed E-state index contributed by atoms with van der Waals surface area (Å²) < 4.78 is 3.30. The highest BCUT2D eigenvalue weighted by Crippen LogP contribution is 2.24. The van der Waals surface area contributed by atoms with E-state index < -0.39 is 0 Å². The minimum absolute atomic E-state index is 0.159. The molecule has 0 saturated heterocycles. The van der Waals surface area contributed by atoms with Crippen molar-refractivity contribution < 1.29 is 0 Å². The Morgan fingerprint density at radius 3 is 1.77 bits per heavy atom. The van der Waals surface area contributed by atoms with Gasteiger partial charge in [-0.05, 0) is 48.5 Å². The standard InChI is InChI=1S/C21H14Cl2N2O/c22-16-6-10-18(11-7-16)24-14-20(15-4-2-1-3-5-15)25(21(24)26)19-12-8-17(23)9-13-19/h1-14H. The van der Waals surface area contributed by atoms with Crippen LogP contribution >= 0.6 is 23.2 Å². The van der Waals surface area contributed by atoms with Crippen LogP contribution in [0.3, 0.4) is 0 Å². The van der Waals surface area contributed by atoms with Crippen molar-refractivity contribution in [1.29, 1.82) is 0 Å². The normalized spacial score (nSPS) is 10.8. The highest BCUT2D eigenvalue weighted by molar-refractivity contribution is 6.30. The van der Waals surface area contributed by atoms with Crippen LogP contribution in [0.4, 0.5) is 0 Å². The van der Waals surface area contributed by atoms with Gasteiger partial charge in [0.1, 0.15) is 0 Å². The first-order chi connectivity index (χ1) is 12.6. The summed E-state index contributed by atoms with van der Waals surface area (Å²) in [5, 5.41) is 1.25. The molecule has 5 heteroatoms. The molecule has 0 amide bonds. The van der Waals surface area contributed by atoms with Crippen molar-refractivity contribution in [3.63, 3.8) is 0 Å². The fourth-order valence-electron chi connectivity index (χ4n) is 2.88. The van der Waals surface area contributed by atoms with Crippen LogP contribution < -0.4 is 5.69 Å². The molecule has 0 N–H and O–H groups in total. The highest BCUT2D eigenvalue weighted by atomic mass is 35.5. The van der Waals surface area contributed by atoms with Crippen LogP contribution in [0.1, 0.15) is 0 Å². The zero-order valence-corrected chi connectivity index (χ0v) is 15.2. The first-order valence-electron chi connectivity index (χ1n) is 8.05. The summed E-state index contributed by atoms with van der Waals surface area (Å²) in [6.07, 6.45) is 1.84. The molecule has 0 aliphatic carbocycles. The third-order valence-corrected chi connectivity index (χ3v) is 4.65. The molecule has 1 heterocycles. The predicted octanol–water partition coefficient (Wildman–Crippen LogP) is 5.60. The Kier molecular flexibility index (Phi) is 4.41. The molecule has 0 aliphatic heterocycles. The lowest BCUT2D eigenvalue weighted by Crippen LogP contribution is -2.22. The van der Waals surface area contributed by atoms with Gasteiger partial charge in [0.25, 0.3) is 0 Å². The van der Waals surface area contributed by atoms with E-state index in [1.54, 1.807) is 33.4 Å². The monoisotopic (exact) mass is 380 g/mol. The lowest BCUT2D eigenvalue weighted by atomic mass is 10.1. The van der Waals surface area contributed by atoms with Crippen molar-refractivity contribution in [1.82, 2.24) is 9.13 Å². The van der Waals surface area contributed by atoms with Crippen LogP contribution in [0.2, 0.25) is 10.0 Å². The summed E-state index contributed by atoms with van der Waals surface area (Å²) in [6, 6.07) is 24.2. The lowest BCUT2D eigenvalue weighted by molar-refractivity contribution is 0.911. The second-order valence-electron chi connectivity index (χ2n) is 5.82. The molecule has 0 atom stereocenters. The Morgan fingerprint density at radius 2 is 1.19 bits per heavy atom. The molecule has 1 aromatic heterocycles. The molecule has 4 aromatic rings. The van der Waals surface area contributed by atoms with E-state index in [4.69, 9.17) is 23.2 Å². The van der Waals surface area contributed by atoms with Gasteiger partial charge in [0.05, 0.1) is 17.1 Å². The van der Waals surface area contributed by atoms with E-state index in [1.165, 1.54) is 0 Å². The quantitative estimate of drug-likeness (QED) is 0.454. The maximum absolute atomic E-state index is 13.2. The smallest absolute Gasteiger partial charge is 0.267 e. The third-order valence-electron chi connectivity index (χ3n) is 4.15. The summed E-state index contributed by atoms with van der Waals surface area (Å²) in [4.78, 5) is 13.2. The van der Waals surface area contributed by atoms with E-state index in [0.717, 1.165) is 22.6 Å². The number of rotatable bonds is 3. The van der Waals surface area contributed by atoms with Crippen molar-refractivity contribution >= 4 is 23.2 Å². The van der Waals surface area contributed by atoms with Gasteiger partial charge in [0, 0.05) is 21.8 Å². The fraction of sp³-hybridized carbons (Fsp3) is 0. The van der Waals surface area contributed by atoms with Gasteiger partial charge in [0.2, 0.25) is 0 Å². The number of benzene rings is 3. The summed E-state index contributed by atoms with van der Waals surface area (Å²) in [7, 11) is 0. The molecular weight excluding hydrogens is 367 g/mol. The average Bonchev–Trinajstić information content (AvgIpc) is 3.01. The zero-order valence-electron chi connectivity index (χ0n) is 13.6. The van der Waals surface area contributed by atoms with Gasteiger partial charge in [-0.25, -0.2) is 4.79 Å². The van der Waals surface area contributed by atoms with E-state index in [9.17, 15) is 4.79 Å². The van der Waals surface area contributed by atoms with E-state index in [2.05, 4.69) is 0 Å². The summed E-state index contributed by atoms with van der Waals surface area (Å²) in [6.45, 7) is 0. The Hall–Kier alpha value is -2.75. The zero-order chi connectivity index (χ0) is 18.1. The largest absolute Gasteiger partial charge is 0.337 e. The van der Waals surface area contributed by atoms with Crippen molar-refractivity contribution in [3.8, 4) is 22.6 Å². The molecular formula is C21H14Cl2N2O. The van der Waals surface area contributed by atoms with Crippen LogP contribution in [0, 0.1) is 0 Å². The molecule has 3 aromatic carbocycles.